The standard InChI is InChI=1S/C22H21FN2O4/c1-27-12-13-28-22-20(6-3-11-24-22)25-21(26)17-4-2-5-19(14-17)29-15-16-7-9-18(23)10-8-16/h2-11,14H,12-13,15H2,1H3,(H,25,26). The zero-order valence-electron chi connectivity index (χ0n) is 15.9. The number of pyridine rings is 1. The summed E-state index contributed by atoms with van der Waals surface area (Å²) in [6.45, 7) is 1.01. The number of halogens is 1. The van der Waals surface area contributed by atoms with E-state index in [0.29, 0.717) is 36.1 Å². The van der Waals surface area contributed by atoms with Crippen molar-refractivity contribution in [2.75, 3.05) is 25.6 Å². The summed E-state index contributed by atoms with van der Waals surface area (Å²) in [5, 5.41) is 2.80. The van der Waals surface area contributed by atoms with E-state index in [9.17, 15) is 9.18 Å². The molecule has 0 saturated carbocycles. The second-order valence-electron chi connectivity index (χ2n) is 6.09. The summed E-state index contributed by atoms with van der Waals surface area (Å²) in [6, 6.07) is 16.3. The Morgan fingerprint density at radius 3 is 2.66 bits per heavy atom. The molecule has 0 atom stereocenters. The van der Waals surface area contributed by atoms with Crippen LogP contribution in [0.5, 0.6) is 11.6 Å². The normalized spacial score (nSPS) is 10.4. The Labute approximate surface area is 168 Å². The van der Waals surface area contributed by atoms with Gasteiger partial charge < -0.3 is 19.5 Å². The quantitative estimate of drug-likeness (QED) is 0.552. The molecule has 150 valence electrons. The van der Waals surface area contributed by atoms with Crippen molar-refractivity contribution in [1.82, 2.24) is 4.98 Å². The number of carbonyl (C=O) groups excluding carboxylic acids is 1. The first-order valence-corrected chi connectivity index (χ1v) is 9.01. The second-order valence-corrected chi connectivity index (χ2v) is 6.09. The molecule has 2 aromatic carbocycles. The van der Waals surface area contributed by atoms with Crippen LogP contribution in [0.3, 0.4) is 0 Å². The average Bonchev–Trinajstić information content (AvgIpc) is 2.75. The molecule has 0 spiro atoms. The van der Waals surface area contributed by atoms with Gasteiger partial charge in [-0.25, -0.2) is 9.37 Å². The summed E-state index contributed by atoms with van der Waals surface area (Å²) < 4.78 is 29.2. The Morgan fingerprint density at radius 2 is 1.86 bits per heavy atom. The number of amides is 1. The summed E-state index contributed by atoms with van der Waals surface area (Å²) in [7, 11) is 1.58. The van der Waals surface area contributed by atoms with Crippen molar-refractivity contribution in [3.05, 3.63) is 83.8 Å². The summed E-state index contributed by atoms with van der Waals surface area (Å²) in [5.41, 5.74) is 1.72. The Kier molecular flexibility index (Phi) is 7.13. The minimum absolute atomic E-state index is 0.269. The molecule has 0 fully saturated rings. The first-order valence-electron chi connectivity index (χ1n) is 9.01. The highest BCUT2D eigenvalue weighted by Crippen LogP contribution is 2.22. The lowest BCUT2D eigenvalue weighted by molar-refractivity contribution is 0.102. The fourth-order valence-corrected chi connectivity index (χ4v) is 2.49. The summed E-state index contributed by atoms with van der Waals surface area (Å²) >= 11 is 0. The van der Waals surface area contributed by atoms with Crippen molar-refractivity contribution >= 4 is 11.6 Å². The molecule has 1 aromatic heterocycles. The van der Waals surface area contributed by atoms with E-state index < -0.39 is 0 Å². The summed E-state index contributed by atoms with van der Waals surface area (Å²) in [4.78, 5) is 16.8. The molecule has 0 unspecified atom stereocenters. The van der Waals surface area contributed by atoms with Crippen molar-refractivity contribution in [3.8, 4) is 11.6 Å². The maximum absolute atomic E-state index is 13.0. The minimum Gasteiger partial charge on any atom is -0.489 e. The topological polar surface area (TPSA) is 69.7 Å². The van der Waals surface area contributed by atoms with E-state index in [1.165, 1.54) is 12.1 Å². The SMILES string of the molecule is COCCOc1ncccc1NC(=O)c1cccc(OCc2ccc(F)cc2)c1. The zero-order valence-corrected chi connectivity index (χ0v) is 15.9. The van der Waals surface area contributed by atoms with E-state index in [-0.39, 0.29) is 18.3 Å². The smallest absolute Gasteiger partial charge is 0.255 e. The number of nitrogens with one attached hydrogen (secondary N) is 1. The Balaban J connectivity index is 1.64. The lowest BCUT2D eigenvalue weighted by Gasteiger charge is -2.12. The van der Waals surface area contributed by atoms with Gasteiger partial charge in [-0.05, 0) is 48.0 Å². The van der Waals surface area contributed by atoms with Gasteiger partial charge in [0, 0.05) is 18.9 Å². The number of hydrogen-bond donors (Lipinski definition) is 1. The van der Waals surface area contributed by atoms with E-state index in [0.717, 1.165) is 5.56 Å². The predicted molar refractivity (Wildman–Crippen MR) is 107 cm³/mol. The Hall–Kier alpha value is -3.45. The van der Waals surface area contributed by atoms with E-state index in [1.807, 2.05) is 0 Å². The molecule has 29 heavy (non-hydrogen) atoms. The first kappa shape index (κ1) is 20.3. The van der Waals surface area contributed by atoms with Gasteiger partial charge in [0.05, 0.1) is 6.61 Å². The average molecular weight is 396 g/mol. The number of carbonyl (C=O) groups is 1. The fraction of sp³-hybridized carbons (Fsp3) is 0.182. The second kappa shape index (κ2) is 10.2. The van der Waals surface area contributed by atoms with Gasteiger partial charge in [-0.3, -0.25) is 4.79 Å². The maximum atomic E-state index is 13.0. The van der Waals surface area contributed by atoms with Crippen LogP contribution in [0.2, 0.25) is 0 Å². The molecule has 0 aliphatic carbocycles. The number of ether oxygens (including phenoxy) is 3. The highest BCUT2D eigenvalue weighted by molar-refractivity contribution is 6.05. The first-order chi connectivity index (χ1) is 14.2. The van der Waals surface area contributed by atoms with Gasteiger partial charge in [0.1, 0.15) is 30.5 Å². The highest BCUT2D eigenvalue weighted by Gasteiger charge is 2.12. The maximum Gasteiger partial charge on any atom is 0.255 e. The van der Waals surface area contributed by atoms with E-state index in [2.05, 4.69) is 10.3 Å². The monoisotopic (exact) mass is 396 g/mol. The molecule has 0 bridgehead atoms. The van der Waals surface area contributed by atoms with Crippen LogP contribution in [0, 0.1) is 5.82 Å². The van der Waals surface area contributed by atoms with Gasteiger partial charge in [0.25, 0.3) is 5.91 Å². The van der Waals surface area contributed by atoms with Crippen molar-refractivity contribution < 1.29 is 23.4 Å². The van der Waals surface area contributed by atoms with E-state index in [1.54, 1.807) is 61.8 Å². The molecular weight excluding hydrogens is 375 g/mol. The number of hydrogen-bond acceptors (Lipinski definition) is 5. The molecular formula is C22H21FN2O4. The molecule has 1 N–H and O–H groups in total. The molecule has 0 radical (unpaired) electrons. The van der Waals surface area contributed by atoms with Crippen LogP contribution in [-0.4, -0.2) is 31.2 Å². The van der Waals surface area contributed by atoms with Gasteiger partial charge in [0.2, 0.25) is 5.88 Å². The third-order valence-corrected chi connectivity index (χ3v) is 3.96. The summed E-state index contributed by atoms with van der Waals surface area (Å²) in [6.07, 6.45) is 1.59. The molecule has 1 amide bonds. The lowest BCUT2D eigenvalue weighted by atomic mass is 10.2. The van der Waals surface area contributed by atoms with Crippen molar-refractivity contribution in [3.63, 3.8) is 0 Å². The van der Waals surface area contributed by atoms with Gasteiger partial charge in [0.15, 0.2) is 0 Å². The molecule has 3 rings (SSSR count). The van der Waals surface area contributed by atoms with Crippen LogP contribution in [-0.2, 0) is 11.3 Å². The van der Waals surface area contributed by atoms with Gasteiger partial charge >= 0.3 is 0 Å². The molecule has 0 saturated heterocycles. The number of nitrogens with zero attached hydrogens (tertiary/aromatic N) is 1. The number of aromatic nitrogens is 1. The Bertz CT molecular complexity index is 948. The molecule has 7 heteroatoms. The summed E-state index contributed by atoms with van der Waals surface area (Å²) in [5.74, 6) is 0.238. The lowest BCUT2D eigenvalue weighted by Crippen LogP contribution is -2.14. The highest BCUT2D eigenvalue weighted by atomic mass is 19.1. The molecule has 0 aliphatic rings. The molecule has 1 heterocycles. The van der Waals surface area contributed by atoms with Gasteiger partial charge in [-0.15, -0.1) is 0 Å². The van der Waals surface area contributed by atoms with Crippen LogP contribution < -0.4 is 14.8 Å². The van der Waals surface area contributed by atoms with Crippen molar-refractivity contribution in [2.24, 2.45) is 0 Å². The van der Waals surface area contributed by atoms with Gasteiger partial charge in [-0.2, -0.15) is 0 Å². The molecule has 3 aromatic rings. The third-order valence-electron chi connectivity index (χ3n) is 3.96. The number of benzene rings is 2. The van der Waals surface area contributed by atoms with Crippen LogP contribution in [0.15, 0.2) is 66.9 Å². The van der Waals surface area contributed by atoms with Crippen LogP contribution in [0.4, 0.5) is 10.1 Å². The van der Waals surface area contributed by atoms with E-state index >= 15 is 0 Å². The van der Waals surface area contributed by atoms with E-state index in [4.69, 9.17) is 14.2 Å². The molecule has 6 nitrogen and oxygen atoms in total. The fourth-order valence-electron chi connectivity index (χ4n) is 2.49. The number of methoxy groups -OCH3 is 1. The largest absolute Gasteiger partial charge is 0.489 e. The van der Waals surface area contributed by atoms with Gasteiger partial charge in [-0.1, -0.05) is 18.2 Å². The number of rotatable bonds is 9. The van der Waals surface area contributed by atoms with Crippen LogP contribution in [0.25, 0.3) is 0 Å². The third kappa shape index (κ3) is 6.02. The predicted octanol–water partition coefficient (Wildman–Crippen LogP) is 4.08. The minimum atomic E-state index is -0.318. The van der Waals surface area contributed by atoms with Crippen LogP contribution >= 0.6 is 0 Å². The van der Waals surface area contributed by atoms with Crippen LogP contribution in [0.1, 0.15) is 15.9 Å². The van der Waals surface area contributed by atoms with Crippen molar-refractivity contribution in [1.29, 1.82) is 0 Å². The zero-order chi connectivity index (χ0) is 20.5. The molecule has 0 aliphatic heterocycles. The van der Waals surface area contributed by atoms with Crippen molar-refractivity contribution in [2.45, 2.75) is 6.61 Å². The Morgan fingerprint density at radius 1 is 1.03 bits per heavy atom. The number of anilines is 1.